The first-order valence-corrected chi connectivity index (χ1v) is 9.51. The maximum Gasteiger partial charge on any atom is 0.337 e. The third-order valence-electron chi connectivity index (χ3n) is 4.88. The zero-order valence-electron chi connectivity index (χ0n) is 16.3. The molecule has 0 fully saturated rings. The van der Waals surface area contributed by atoms with E-state index in [9.17, 15) is 14.0 Å². The Morgan fingerprint density at radius 1 is 1.07 bits per heavy atom. The van der Waals surface area contributed by atoms with E-state index in [0.717, 1.165) is 5.56 Å². The highest BCUT2D eigenvalue weighted by Crippen LogP contribution is 2.16. The molecule has 148 valence electrons. The third-order valence-corrected chi connectivity index (χ3v) is 4.88. The standard InChI is InChI=1S/C22H21FN4O2/c1-3-11-26-21(28)19-20(27(22(26)29)18-9-7-15(2)8-10-18)24-14-25(19)13-16-5-4-6-17(23)12-16/h4-10,12,14H,3,11,13H2,1-2H3. The van der Waals surface area contributed by atoms with Gasteiger partial charge in [0.1, 0.15) is 5.82 Å². The van der Waals surface area contributed by atoms with Crippen LogP contribution in [-0.2, 0) is 13.1 Å². The van der Waals surface area contributed by atoms with Gasteiger partial charge in [0.2, 0.25) is 0 Å². The third kappa shape index (κ3) is 3.40. The van der Waals surface area contributed by atoms with Gasteiger partial charge in [0, 0.05) is 13.1 Å². The van der Waals surface area contributed by atoms with E-state index < -0.39 is 5.69 Å². The highest BCUT2D eigenvalue weighted by Gasteiger charge is 2.19. The lowest BCUT2D eigenvalue weighted by Crippen LogP contribution is -2.40. The minimum Gasteiger partial charge on any atom is -0.320 e. The van der Waals surface area contributed by atoms with Crippen molar-refractivity contribution in [3.63, 3.8) is 0 Å². The lowest BCUT2D eigenvalue weighted by atomic mass is 10.2. The predicted molar refractivity (Wildman–Crippen MR) is 110 cm³/mol. The summed E-state index contributed by atoms with van der Waals surface area (Å²) in [7, 11) is 0. The summed E-state index contributed by atoms with van der Waals surface area (Å²) in [5.41, 5.74) is 2.24. The molecule has 0 amide bonds. The molecule has 6 nitrogen and oxygen atoms in total. The number of hydrogen-bond acceptors (Lipinski definition) is 3. The summed E-state index contributed by atoms with van der Waals surface area (Å²) in [6, 6.07) is 13.7. The van der Waals surface area contributed by atoms with Gasteiger partial charge in [-0.3, -0.25) is 9.36 Å². The molecule has 0 radical (unpaired) electrons. The van der Waals surface area contributed by atoms with Crippen LogP contribution in [0.5, 0.6) is 0 Å². The zero-order chi connectivity index (χ0) is 20.5. The van der Waals surface area contributed by atoms with Crippen molar-refractivity contribution in [1.82, 2.24) is 18.7 Å². The summed E-state index contributed by atoms with van der Waals surface area (Å²) < 4.78 is 18.0. The molecule has 0 aliphatic carbocycles. The lowest BCUT2D eigenvalue weighted by molar-refractivity contribution is 0.604. The average Bonchev–Trinajstić information content (AvgIpc) is 3.10. The molecule has 4 aromatic rings. The van der Waals surface area contributed by atoms with E-state index in [1.165, 1.54) is 27.6 Å². The molecule has 0 N–H and O–H groups in total. The molecule has 29 heavy (non-hydrogen) atoms. The number of nitrogens with zero attached hydrogens (tertiary/aromatic N) is 4. The minimum absolute atomic E-state index is 0.279. The smallest absolute Gasteiger partial charge is 0.320 e. The molecule has 2 aromatic carbocycles. The first kappa shape index (κ1) is 18.9. The number of hydrogen-bond donors (Lipinski definition) is 0. The van der Waals surface area contributed by atoms with Gasteiger partial charge in [-0.2, -0.15) is 0 Å². The minimum atomic E-state index is -0.413. The predicted octanol–water partition coefficient (Wildman–Crippen LogP) is 3.25. The summed E-state index contributed by atoms with van der Waals surface area (Å²) in [4.78, 5) is 30.6. The summed E-state index contributed by atoms with van der Waals surface area (Å²) in [5, 5.41) is 0. The molecule has 0 unspecified atom stereocenters. The Kier molecular flexibility index (Phi) is 4.88. The molecule has 0 saturated heterocycles. The molecule has 0 atom stereocenters. The van der Waals surface area contributed by atoms with E-state index in [1.54, 1.807) is 16.7 Å². The van der Waals surface area contributed by atoms with Crippen LogP contribution in [-0.4, -0.2) is 18.7 Å². The number of halogens is 1. The Morgan fingerprint density at radius 3 is 2.52 bits per heavy atom. The fourth-order valence-corrected chi connectivity index (χ4v) is 3.48. The molecule has 7 heteroatoms. The van der Waals surface area contributed by atoms with Crippen LogP contribution in [0.25, 0.3) is 16.9 Å². The van der Waals surface area contributed by atoms with E-state index in [2.05, 4.69) is 4.98 Å². The molecular formula is C22H21FN4O2. The van der Waals surface area contributed by atoms with Crippen LogP contribution in [0.3, 0.4) is 0 Å². The fourth-order valence-electron chi connectivity index (χ4n) is 3.48. The SMILES string of the molecule is CCCn1c(=O)c2c(ncn2Cc2cccc(F)c2)n(-c2ccc(C)cc2)c1=O. The van der Waals surface area contributed by atoms with Crippen molar-refractivity contribution in [2.24, 2.45) is 0 Å². The number of aryl methyl sites for hydroxylation is 1. The van der Waals surface area contributed by atoms with Crippen molar-refractivity contribution >= 4 is 11.2 Å². The van der Waals surface area contributed by atoms with Crippen molar-refractivity contribution in [3.05, 3.63) is 92.6 Å². The zero-order valence-corrected chi connectivity index (χ0v) is 16.3. The Balaban J connectivity index is 1.98. The van der Waals surface area contributed by atoms with Crippen LogP contribution in [0.15, 0.2) is 64.4 Å². The van der Waals surface area contributed by atoms with Gasteiger partial charge in [0.25, 0.3) is 5.56 Å². The summed E-state index contributed by atoms with van der Waals surface area (Å²) in [6.45, 7) is 4.47. The van der Waals surface area contributed by atoms with Crippen molar-refractivity contribution in [2.75, 3.05) is 0 Å². The van der Waals surface area contributed by atoms with Crippen LogP contribution in [0, 0.1) is 12.7 Å². The monoisotopic (exact) mass is 392 g/mol. The van der Waals surface area contributed by atoms with Gasteiger partial charge in [-0.05, 0) is 43.2 Å². The Hall–Kier alpha value is -3.48. The van der Waals surface area contributed by atoms with Crippen LogP contribution in [0.2, 0.25) is 0 Å². The fraction of sp³-hybridized carbons (Fsp3) is 0.227. The van der Waals surface area contributed by atoms with Gasteiger partial charge in [0.15, 0.2) is 11.2 Å². The first-order chi connectivity index (χ1) is 14.0. The van der Waals surface area contributed by atoms with E-state index in [0.29, 0.717) is 35.4 Å². The van der Waals surface area contributed by atoms with E-state index in [-0.39, 0.29) is 17.9 Å². The maximum absolute atomic E-state index is 13.6. The molecule has 2 aromatic heterocycles. The van der Waals surface area contributed by atoms with E-state index in [4.69, 9.17) is 0 Å². The molecule has 0 aliphatic heterocycles. The van der Waals surface area contributed by atoms with Gasteiger partial charge in [-0.25, -0.2) is 18.7 Å². The van der Waals surface area contributed by atoms with Gasteiger partial charge in [-0.1, -0.05) is 36.8 Å². The van der Waals surface area contributed by atoms with Crippen molar-refractivity contribution in [1.29, 1.82) is 0 Å². The Labute approximate surface area is 166 Å². The summed E-state index contributed by atoms with van der Waals surface area (Å²) in [6.07, 6.45) is 2.17. The Bertz CT molecular complexity index is 1300. The molecule has 0 saturated carbocycles. The Morgan fingerprint density at radius 2 is 1.83 bits per heavy atom. The maximum atomic E-state index is 13.6. The molecule has 2 heterocycles. The van der Waals surface area contributed by atoms with Gasteiger partial charge >= 0.3 is 5.69 Å². The van der Waals surface area contributed by atoms with Crippen LogP contribution >= 0.6 is 0 Å². The molecule has 0 aliphatic rings. The highest BCUT2D eigenvalue weighted by molar-refractivity contribution is 5.72. The van der Waals surface area contributed by atoms with Crippen molar-refractivity contribution in [2.45, 2.75) is 33.4 Å². The second-order valence-corrected chi connectivity index (χ2v) is 7.08. The number of rotatable bonds is 5. The number of fused-ring (bicyclic) bond motifs is 1. The van der Waals surface area contributed by atoms with Gasteiger partial charge < -0.3 is 4.57 Å². The number of aromatic nitrogens is 4. The molecule has 0 spiro atoms. The average molecular weight is 392 g/mol. The highest BCUT2D eigenvalue weighted by atomic mass is 19.1. The first-order valence-electron chi connectivity index (χ1n) is 9.51. The summed E-state index contributed by atoms with van der Waals surface area (Å²) >= 11 is 0. The molecule has 0 bridgehead atoms. The topological polar surface area (TPSA) is 61.8 Å². The largest absolute Gasteiger partial charge is 0.337 e. The normalized spacial score (nSPS) is 11.3. The van der Waals surface area contributed by atoms with Crippen molar-refractivity contribution in [3.8, 4) is 5.69 Å². The van der Waals surface area contributed by atoms with Gasteiger partial charge in [-0.15, -0.1) is 0 Å². The number of imidazole rings is 1. The lowest BCUT2D eigenvalue weighted by Gasteiger charge is -2.12. The van der Waals surface area contributed by atoms with Crippen LogP contribution in [0.1, 0.15) is 24.5 Å². The molecular weight excluding hydrogens is 371 g/mol. The molecule has 4 rings (SSSR count). The van der Waals surface area contributed by atoms with E-state index >= 15 is 0 Å². The van der Waals surface area contributed by atoms with Crippen molar-refractivity contribution < 1.29 is 4.39 Å². The van der Waals surface area contributed by atoms with Crippen LogP contribution < -0.4 is 11.2 Å². The summed E-state index contributed by atoms with van der Waals surface area (Å²) in [5.74, 6) is -0.341. The quantitative estimate of drug-likeness (QED) is 0.524. The van der Waals surface area contributed by atoms with Crippen LogP contribution in [0.4, 0.5) is 4.39 Å². The second kappa shape index (κ2) is 7.50. The second-order valence-electron chi connectivity index (χ2n) is 7.08. The van der Waals surface area contributed by atoms with E-state index in [1.807, 2.05) is 38.1 Å². The van der Waals surface area contributed by atoms with Gasteiger partial charge in [0.05, 0.1) is 12.0 Å². The number of benzene rings is 2.